The first-order chi connectivity index (χ1) is 12.6. The zero-order valence-electron chi connectivity index (χ0n) is 14.9. The Balaban J connectivity index is 1.70. The number of benzene rings is 2. The van der Waals surface area contributed by atoms with Gasteiger partial charge in [-0.05, 0) is 48.2 Å². The molecule has 0 aliphatic carbocycles. The van der Waals surface area contributed by atoms with Gasteiger partial charge in [-0.1, -0.05) is 24.3 Å². The maximum absolute atomic E-state index is 13.4. The number of rotatable bonds is 5. The first kappa shape index (κ1) is 18.5. The predicted octanol–water partition coefficient (Wildman–Crippen LogP) is 3.04. The highest BCUT2D eigenvalue weighted by molar-refractivity contribution is 5.94. The van der Waals surface area contributed by atoms with Crippen molar-refractivity contribution in [1.29, 1.82) is 0 Å². The molecule has 3 rings (SSSR count). The number of hydrogen-bond acceptors (Lipinski definition) is 3. The Hall–Kier alpha value is -2.24. The van der Waals surface area contributed by atoms with E-state index in [9.17, 15) is 14.3 Å². The van der Waals surface area contributed by atoms with Crippen LogP contribution in [0.25, 0.3) is 0 Å². The second-order valence-electron chi connectivity index (χ2n) is 6.83. The number of ether oxygens (including phenoxy) is 1. The van der Waals surface area contributed by atoms with Crippen molar-refractivity contribution in [2.24, 2.45) is 5.92 Å². The van der Waals surface area contributed by atoms with E-state index in [0.29, 0.717) is 38.1 Å². The third-order valence-electron chi connectivity index (χ3n) is 4.85. The topological polar surface area (TPSA) is 49.8 Å². The van der Waals surface area contributed by atoms with E-state index < -0.39 is 6.10 Å². The molecule has 0 bridgehead atoms. The largest absolute Gasteiger partial charge is 0.393 e. The van der Waals surface area contributed by atoms with Crippen molar-refractivity contribution in [2.45, 2.75) is 25.6 Å². The van der Waals surface area contributed by atoms with Gasteiger partial charge in [-0.15, -0.1) is 0 Å². The first-order valence-electron chi connectivity index (χ1n) is 8.86. The molecule has 138 valence electrons. The fourth-order valence-electron chi connectivity index (χ4n) is 3.51. The van der Waals surface area contributed by atoms with E-state index in [0.717, 1.165) is 11.1 Å². The van der Waals surface area contributed by atoms with Crippen molar-refractivity contribution < 1.29 is 19.0 Å². The number of hydrogen-bond donors (Lipinski definition) is 1. The van der Waals surface area contributed by atoms with Crippen LogP contribution in [-0.4, -0.2) is 42.2 Å². The molecular weight excluding hydrogens is 333 g/mol. The summed E-state index contributed by atoms with van der Waals surface area (Å²) in [6.45, 7) is 1.45. The molecule has 4 nitrogen and oxygen atoms in total. The average Bonchev–Trinajstić information content (AvgIpc) is 2.63. The van der Waals surface area contributed by atoms with Crippen LogP contribution >= 0.6 is 0 Å². The zero-order chi connectivity index (χ0) is 18.5. The number of amides is 1. The Kier molecular flexibility index (Phi) is 6.01. The molecule has 5 heteroatoms. The molecule has 1 amide bonds. The summed E-state index contributed by atoms with van der Waals surface area (Å²) in [5, 5.41) is 10.3. The van der Waals surface area contributed by atoms with Gasteiger partial charge in [0, 0.05) is 31.7 Å². The van der Waals surface area contributed by atoms with Crippen molar-refractivity contribution in [3.63, 3.8) is 0 Å². The second-order valence-corrected chi connectivity index (χ2v) is 6.83. The summed E-state index contributed by atoms with van der Waals surface area (Å²) >= 11 is 0. The number of aliphatic hydroxyl groups excluding tert-OH is 1. The molecule has 1 heterocycles. The van der Waals surface area contributed by atoms with Gasteiger partial charge in [0.25, 0.3) is 5.91 Å². The lowest BCUT2D eigenvalue weighted by Crippen LogP contribution is -2.46. The summed E-state index contributed by atoms with van der Waals surface area (Å²) in [5.41, 5.74) is 2.41. The summed E-state index contributed by atoms with van der Waals surface area (Å²) in [6, 6.07) is 13.8. The number of carbonyl (C=O) groups is 1. The minimum absolute atomic E-state index is 0.0425. The van der Waals surface area contributed by atoms with Crippen LogP contribution < -0.4 is 0 Å². The molecule has 1 aliphatic rings. The van der Waals surface area contributed by atoms with E-state index in [1.807, 2.05) is 24.3 Å². The standard InChI is InChI=1S/C21H24FNO3/c1-26-14-16-5-2-6-17(11-16)21(25)23-9-8-20(24)18(13-23)10-15-4-3-7-19(22)12-15/h2-7,11-12,18,20,24H,8-10,13-14H2,1H3/t18-,20-/m1/s1. The lowest BCUT2D eigenvalue weighted by Gasteiger charge is -2.36. The van der Waals surface area contributed by atoms with Gasteiger partial charge in [0.05, 0.1) is 12.7 Å². The van der Waals surface area contributed by atoms with Crippen LogP contribution in [0.15, 0.2) is 48.5 Å². The number of piperidine rings is 1. The Bertz CT molecular complexity index is 764. The van der Waals surface area contributed by atoms with Crippen LogP contribution in [0.5, 0.6) is 0 Å². The summed E-state index contributed by atoms with van der Waals surface area (Å²) in [7, 11) is 1.62. The third-order valence-corrected chi connectivity index (χ3v) is 4.85. The maximum Gasteiger partial charge on any atom is 0.253 e. The van der Waals surface area contributed by atoms with Crippen LogP contribution in [0.3, 0.4) is 0 Å². The minimum Gasteiger partial charge on any atom is -0.393 e. The number of likely N-dealkylation sites (tertiary alicyclic amines) is 1. The van der Waals surface area contributed by atoms with Crippen LogP contribution in [0.2, 0.25) is 0 Å². The fourth-order valence-corrected chi connectivity index (χ4v) is 3.51. The lowest BCUT2D eigenvalue weighted by molar-refractivity contribution is 0.0241. The van der Waals surface area contributed by atoms with E-state index in [2.05, 4.69) is 0 Å². The van der Waals surface area contributed by atoms with Gasteiger partial charge in [-0.3, -0.25) is 4.79 Å². The van der Waals surface area contributed by atoms with Gasteiger partial charge in [-0.25, -0.2) is 4.39 Å². The van der Waals surface area contributed by atoms with E-state index in [1.165, 1.54) is 12.1 Å². The van der Waals surface area contributed by atoms with E-state index in [-0.39, 0.29) is 17.6 Å². The number of nitrogens with zero attached hydrogens (tertiary/aromatic N) is 1. The smallest absolute Gasteiger partial charge is 0.253 e. The highest BCUT2D eigenvalue weighted by Gasteiger charge is 2.30. The Morgan fingerprint density at radius 2 is 2.00 bits per heavy atom. The van der Waals surface area contributed by atoms with Crippen molar-refractivity contribution in [3.8, 4) is 0 Å². The van der Waals surface area contributed by atoms with Crippen molar-refractivity contribution >= 4 is 5.91 Å². The fraction of sp³-hybridized carbons (Fsp3) is 0.381. The van der Waals surface area contributed by atoms with Gasteiger partial charge in [-0.2, -0.15) is 0 Å². The SMILES string of the molecule is COCc1cccc(C(=O)N2CC[C@@H](O)[C@H](Cc3cccc(F)c3)C2)c1. The average molecular weight is 357 g/mol. The summed E-state index contributed by atoms with van der Waals surface area (Å²) in [4.78, 5) is 14.6. The Morgan fingerprint density at radius 1 is 1.23 bits per heavy atom. The molecule has 2 atom stereocenters. The minimum atomic E-state index is -0.484. The molecule has 1 N–H and O–H groups in total. The quantitative estimate of drug-likeness (QED) is 0.895. The van der Waals surface area contributed by atoms with Crippen molar-refractivity contribution in [3.05, 3.63) is 71.0 Å². The van der Waals surface area contributed by atoms with E-state index in [1.54, 1.807) is 24.1 Å². The maximum atomic E-state index is 13.4. The molecule has 0 radical (unpaired) electrons. The number of carbonyl (C=O) groups excluding carboxylic acids is 1. The number of halogens is 1. The van der Waals surface area contributed by atoms with E-state index in [4.69, 9.17) is 4.74 Å². The molecule has 0 unspecified atom stereocenters. The number of aliphatic hydroxyl groups is 1. The van der Waals surface area contributed by atoms with Crippen LogP contribution in [-0.2, 0) is 17.8 Å². The molecule has 26 heavy (non-hydrogen) atoms. The molecule has 0 spiro atoms. The van der Waals surface area contributed by atoms with Gasteiger partial charge >= 0.3 is 0 Å². The van der Waals surface area contributed by atoms with Gasteiger partial charge in [0.1, 0.15) is 5.82 Å². The molecular formula is C21H24FNO3. The van der Waals surface area contributed by atoms with Crippen molar-refractivity contribution in [2.75, 3.05) is 20.2 Å². The molecule has 0 aromatic heterocycles. The summed E-state index contributed by atoms with van der Waals surface area (Å²) in [5.74, 6) is -0.425. The zero-order valence-corrected chi connectivity index (χ0v) is 14.9. The molecule has 2 aromatic carbocycles. The summed E-state index contributed by atoms with van der Waals surface area (Å²) < 4.78 is 18.5. The first-order valence-corrected chi connectivity index (χ1v) is 8.86. The van der Waals surface area contributed by atoms with Gasteiger partial charge in [0.2, 0.25) is 0 Å². The summed E-state index contributed by atoms with van der Waals surface area (Å²) in [6.07, 6.45) is 0.595. The van der Waals surface area contributed by atoms with Crippen molar-refractivity contribution in [1.82, 2.24) is 4.90 Å². The Labute approximate surface area is 153 Å². The molecule has 1 saturated heterocycles. The van der Waals surface area contributed by atoms with Crippen LogP contribution in [0.4, 0.5) is 4.39 Å². The highest BCUT2D eigenvalue weighted by Crippen LogP contribution is 2.23. The van der Waals surface area contributed by atoms with Gasteiger partial charge in [0.15, 0.2) is 0 Å². The van der Waals surface area contributed by atoms with Crippen LogP contribution in [0, 0.1) is 11.7 Å². The molecule has 1 fully saturated rings. The Morgan fingerprint density at radius 3 is 2.77 bits per heavy atom. The normalized spacial score (nSPS) is 20.2. The molecule has 1 aliphatic heterocycles. The lowest BCUT2D eigenvalue weighted by atomic mass is 9.88. The monoisotopic (exact) mass is 357 g/mol. The van der Waals surface area contributed by atoms with E-state index >= 15 is 0 Å². The van der Waals surface area contributed by atoms with Gasteiger partial charge < -0.3 is 14.7 Å². The second kappa shape index (κ2) is 8.43. The van der Waals surface area contributed by atoms with Crippen LogP contribution in [0.1, 0.15) is 27.9 Å². The molecule has 0 saturated carbocycles. The molecule has 2 aromatic rings. The highest BCUT2D eigenvalue weighted by atomic mass is 19.1. The predicted molar refractivity (Wildman–Crippen MR) is 97.3 cm³/mol. The number of methoxy groups -OCH3 is 1. The third kappa shape index (κ3) is 4.48.